The Morgan fingerprint density at radius 1 is 1.33 bits per heavy atom. The summed E-state index contributed by atoms with van der Waals surface area (Å²) in [6, 6.07) is 9.46. The molecule has 0 aliphatic carbocycles. The average molecular weight is 246 g/mol. The number of anilines is 1. The van der Waals surface area contributed by atoms with Crippen molar-refractivity contribution in [1.82, 2.24) is 4.98 Å². The van der Waals surface area contributed by atoms with Gasteiger partial charge in [0.25, 0.3) is 0 Å². The van der Waals surface area contributed by atoms with E-state index in [4.69, 9.17) is 9.15 Å². The monoisotopic (exact) mass is 246 g/mol. The molecule has 1 N–H and O–H groups in total. The molecule has 0 spiro atoms. The Labute approximate surface area is 105 Å². The van der Waals surface area contributed by atoms with Gasteiger partial charge in [0.05, 0.1) is 0 Å². The predicted octanol–water partition coefficient (Wildman–Crippen LogP) is 3.04. The highest BCUT2D eigenvalue weighted by molar-refractivity contribution is 5.83. The number of aryl methyl sites for hydroxylation is 2. The number of hydrogen-bond donors (Lipinski definition) is 1. The minimum Gasteiger partial charge on any atom is -0.444 e. The smallest absolute Gasteiger partial charge is 0.413 e. The van der Waals surface area contributed by atoms with Crippen LogP contribution in [0.5, 0.6) is 0 Å². The van der Waals surface area contributed by atoms with E-state index in [9.17, 15) is 4.79 Å². The fraction of sp³-hybridized carbons (Fsp3) is 0.231. The van der Waals surface area contributed by atoms with E-state index in [2.05, 4.69) is 10.3 Å². The van der Waals surface area contributed by atoms with E-state index in [1.807, 2.05) is 30.3 Å². The van der Waals surface area contributed by atoms with Crippen molar-refractivity contribution in [2.24, 2.45) is 0 Å². The second kappa shape index (κ2) is 5.35. The first-order valence-electron chi connectivity index (χ1n) is 5.57. The van der Waals surface area contributed by atoms with Gasteiger partial charge in [0.2, 0.25) is 0 Å². The Balaban J connectivity index is 1.88. The molecule has 0 saturated carbocycles. The van der Waals surface area contributed by atoms with Crippen molar-refractivity contribution in [3.8, 4) is 0 Å². The van der Waals surface area contributed by atoms with Crippen LogP contribution in [0.4, 0.5) is 10.6 Å². The van der Waals surface area contributed by atoms with Crippen molar-refractivity contribution in [3.05, 3.63) is 47.5 Å². The maximum atomic E-state index is 11.5. The highest BCUT2D eigenvalue weighted by Crippen LogP contribution is 2.14. The fourth-order valence-electron chi connectivity index (χ4n) is 1.50. The number of aromatic nitrogens is 1. The van der Waals surface area contributed by atoms with Crippen molar-refractivity contribution >= 4 is 11.9 Å². The largest absolute Gasteiger partial charge is 0.444 e. The topological polar surface area (TPSA) is 64.4 Å². The van der Waals surface area contributed by atoms with Crippen LogP contribution in [0.2, 0.25) is 0 Å². The Bertz CT molecular complexity index is 534. The molecule has 0 aliphatic rings. The number of benzene rings is 1. The molecule has 0 atom stereocenters. The summed E-state index contributed by atoms with van der Waals surface area (Å²) in [5.41, 5.74) is 0.931. The summed E-state index contributed by atoms with van der Waals surface area (Å²) in [6.45, 7) is 3.67. The molecule has 1 heterocycles. The molecule has 1 aromatic carbocycles. The van der Waals surface area contributed by atoms with Crippen molar-refractivity contribution in [3.63, 3.8) is 0 Å². The van der Waals surface area contributed by atoms with Crippen molar-refractivity contribution < 1.29 is 13.9 Å². The van der Waals surface area contributed by atoms with Crippen LogP contribution >= 0.6 is 0 Å². The van der Waals surface area contributed by atoms with Crippen LogP contribution in [0.15, 0.2) is 34.7 Å². The summed E-state index contributed by atoms with van der Waals surface area (Å²) in [6.07, 6.45) is -0.546. The summed E-state index contributed by atoms with van der Waals surface area (Å²) in [5.74, 6) is 1.46. The standard InChI is InChI=1S/C13H14N2O3/c1-9-12(14-10(2)18-9)15-13(16)17-8-11-6-4-3-5-7-11/h3-7H,8H2,1-2H3,(H,15,16). The molecular formula is C13H14N2O3. The summed E-state index contributed by atoms with van der Waals surface area (Å²) in [5, 5.41) is 2.54. The zero-order valence-corrected chi connectivity index (χ0v) is 10.3. The number of oxazole rings is 1. The van der Waals surface area contributed by atoms with E-state index >= 15 is 0 Å². The quantitative estimate of drug-likeness (QED) is 0.904. The normalized spacial score (nSPS) is 10.1. The number of nitrogens with one attached hydrogen (secondary N) is 1. The SMILES string of the molecule is Cc1nc(NC(=O)OCc2ccccc2)c(C)o1. The van der Waals surface area contributed by atoms with E-state index in [0.29, 0.717) is 17.5 Å². The lowest BCUT2D eigenvalue weighted by molar-refractivity contribution is 0.155. The lowest BCUT2D eigenvalue weighted by Gasteiger charge is -2.05. The van der Waals surface area contributed by atoms with Gasteiger partial charge in [0.15, 0.2) is 11.7 Å². The first-order chi connectivity index (χ1) is 8.65. The van der Waals surface area contributed by atoms with Crippen LogP contribution < -0.4 is 5.32 Å². The van der Waals surface area contributed by atoms with E-state index < -0.39 is 6.09 Å². The van der Waals surface area contributed by atoms with Crippen molar-refractivity contribution in [1.29, 1.82) is 0 Å². The molecule has 1 aromatic heterocycles. The van der Waals surface area contributed by atoms with Gasteiger partial charge in [0.1, 0.15) is 12.4 Å². The zero-order valence-electron chi connectivity index (χ0n) is 10.3. The third-order valence-corrected chi connectivity index (χ3v) is 2.34. The lowest BCUT2D eigenvalue weighted by atomic mass is 10.2. The molecular weight excluding hydrogens is 232 g/mol. The minimum atomic E-state index is -0.546. The highest BCUT2D eigenvalue weighted by Gasteiger charge is 2.10. The van der Waals surface area contributed by atoms with Crippen molar-refractivity contribution in [2.75, 3.05) is 5.32 Å². The van der Waals surface area contributed by atoms with Gasteiger partial charge in [0, 0.05) is 6.92 Å². The van der Waals surface area contributed by atoms with Crippen LogP contribution in [0, 0.1) is 13.8 Å². The first kappa shape index (κ1) is 12.2. The van der Waals surface area contributed by atoms with Gasteiger partial charge in [-0.3, -0.25) is 5.32 Å². The Hall–Kier alpha value is -2.30. The molecule has 0 bridgehead atoms. The van der Waals surface area contributed by atoms with Gasteiger partial charge in [-0.05, 0) is 12.5 Å². The Kier molecular flexibility index (Phi) is 3.62. The summed E-state index contributed by atoms with van der Waals surface area (Å²) >= 11 is 0. The van der Waals surface area contributed by atoms with Crippen LogP contribution in [-0.4, -0.2) is 11.1 Å². The summed E-state index contributed by atoms with van der Waals surface area (Å²) < 4.78 is 10.3. The van der Waals surface area contributed by atoms with Gasteiger partial charge in [-0.25, -0.2) is 4.79 Å². The van der Waals surface area contributed by atoms with Gasteiger partial charge in [-0.2, -0.15) is 4.98 Å². The van der Waals surface area contributed by atoms with Gasteiger partial charge in [-0.15, -0.1) is 0 Å². The third kappa shape index (κ3) is 3.10. The molecule has 0 fully saturated rings. The van der Waals surface area contributed by atoms with E-state index in [1.165, 1.54) is 0 Å². The summed E-state index contributed by atoms with van der Waals surface area (Å²) in [4.78, 5) is 15.6. The third-order valence-electron chi connectivity index (χ3n) is 2.34. The molecule has 2 rings (SSSR count). The molecule has 0 radical (unpaired) electrons. The Morgan fingerprint density at radius 3 is 2.67 bits per heavy atom. The maximum absolute atomic E-state index is 11.5. The molecule has 5 nitrogen and oxygen atoms in total. The molecule has 2 aromatic rings. The fourth-order valence-corrected chi connectivity index (χ4v) is 1.50. The molecule has 0 unspecified atom stereocenters. The number of amides is 1. The molecule has 5 heteroatoms. The van der Waals surface area contributed by atoms with Gasteiger partial charge >= 0.3 is 6.09 Å². The predicted molar refractivity (Wildman–Crippen MR) is 66.2 cm³/mol. The van der Waals surface area contributed by atoms with Crippen LogP contribution in [0.3, 0.4) is 0 Å². The summed E-state index contributed by atoms with van der Waals surface area (Å²) in [7, 11) is 0. The van der Waals surface area contributed by atoms with Crippen molar-refractivity contribution in [2.45, 2.75) is 20.5 Å². The number of nitrogens with zero attached hydrogens (tertiary/aromatic N) is 1. The van der Waals surface area contributed by atoms with E-state index in [0.717, 1.165) is 5.56 Å². The van der Waals surface area contributed by atoms with E-state index in [1.54, 1.807) is 13.8 Å². The van der Waals surface area contributed by atoms with Crippen LogP contribution in [0.25, 0.3) is 0 Å². The lowest BCUT2D eigenvalue weighted by Crippen LogP contribution is -2.14. The number of rotatable bonds is 3. The molecule has 1 amide bonds. The van der Waals surface area contributed by atoms with Crippen LogP contribution in [-0.2, 0) is 11.3 Å². The number of carbonyl (C=O) groups excluding carboxylic acids is 1. The minimum absolute atomic E-state index is 0.225. The number of carbonyl (C=O) groups is 1. The second-order valence-corrected chi connectivity index (χ2v) is 3.82. The van der Waals surface area contributed by atoms with Gasteiger partial charge < -0.3 is 9.15 Å². The highest BCUT2D eigenvalue weighted by atomic mass is 16.5. The maximum Gasteiger partial charge on any atom is 0.413 e. The first-order valence-corrected chi connectivity index (χ1v) is 5.57. The zero-order chi connectivity index (χ0) is 13.0. The average Bonchev–Trinajstić information content (AvgIpc) is 2.67. The molecule has 94 valence electrons. The Morgan fingerprint density at radius 2 is 2.06 bits per heavy atom. The molecule has 0 saturated heterocycles. The second-order valence-electron chi connectivity index (χ2n) is 3.82. The van der Waals surface area contributed by atoms with Gasteiger partial charge in [-0.1, -0.05) is 30.3 Å². The molecule has 18 heavy (non-hydrogen) atoms. The van der Waals surface area contributed by atoms with E-state index in [-0.39, 0.29) is 6.61 Å². The van der Waals surface area contributed by atoms with Crippen LogP contribution in [0.1, 0.15) is 17.2 Å². The number of ether oxygens (including phenoxy) is 1. The molecule has 0 aliphatic heterocycles. The number of hydrogen-bond acceptors (Lipinski definition) is 4.